The number of rotatable bonds is 6. The van der Waals surface area contributed by atoms with E-state index in [1.54, 1.807) is 12.0 Å². The van der Waals surface area contributed by atoms with Crippen molar-refractivity contribution in [2.75, 3.05) is 7.11 Å². The van der Waals surface area contributed by atoms with Crippen LogP contribution < -0.4 is 10.1 Å². The highest BCUT2D eigenvalue weighted by Gasteiger charge is 2.47. The number of benzene rings is 3. The summed E-state index contributed by atoms with van der Waals surface area (Å²) in [6, 6.07) is 27.2. The van der Waals surface area contributed by atoms with Crippen LogP contribution in [0, 0.1) is 0 Å². The van der Waals surface area contributed by atoms with E-state index >= 15 is 0 Å². The van der Waals surface area contributed by atoms with Crippen LogP contribution in [-0.4, -0.2) is 33.9 Å². The van der Waals surface area contributed by atoms with Gasteiger partial charge in [0, 0.05) is 24.0 Å². The van der Waals surface area contributed by atoms with Gasteiger partial charge in [0.1, 0.15) is 17.0 Å². The van der Waals surface area contributed by atoms with Gasteiger partial charge in [0.15, 0.2) is 0 Å². The zero-order valence-corrected chi connectivity index (χ0v) is 19.3. The van der Waals surface area contributed by atoms with Crippen LogP contribution >= 0.6 is 0 Å². The normalized spacial score (nSPS) is 17.5. The summed E-state index contributed by atoms with van der Waals surface area (Å²) in [5.41, 5.74) is 2.38. The molecule has 6 heteroatoms. The molecule has 0 unspecified atom stereocenters. The highest BCUT2D eigenvalue weighted by Crippen LogP contribution is 2.34. The average molecular weight is 454 g/mol. The summed E-state index contributed by atoms with van der Waals surface area (Å²) in [7, 11) is 1.62. The van der Waals surface area contributed by atoms with E-state index in [9.17, 15) is 9.59 Å². The molecule has 1 N–H and O–H groups in total. The summed E-state index contributed by atoms with van der Waals surface area (Å²) in [6.45, 7) is 2.91. The van der Waals surface area contributed by atoms with Crippen molar-refractivity contribution in [1.29, 1.82) is 0 Å². The second kappa shape index (κ2) is 8.71. The van der Waals surface area contributed by atoms with Gasteiger partial charge in [-0.15, -0.1) is 0 Å². The molecule has 0 radical (unpaired) electrons. The Bertz CT molecular complexity index is 1360. The SMILES string of the molecule is COc1cccc(CN2C(=O)c3cc4ccccc4n3C[C@@]2(C)C(=O)NCc2ccccc2)c1. The van der Waals surface area contributed by atoms with Crippen molar-refractivity contribution in [2.24, 2.45) is 0 Å². The van der Waals surface area contributed by atoms with Crippen LogP contribution in [0.2, 0.25) is 0 Å². The van der Waals surface area contributed by atoms with E-state index in [4.69, 9.17) is 4.74 Å². The molecular weight excluding hydrogens is 426 g/mol. The summed E-state index contributed by atoms with van der Waals surface area (Å²) in [4.78, 5) is 29.2. The van der Waals surface area contributed by atoms with Gasteiger partial charge in [0.2, 0.25) is 5.91 Å². The van der Waals surface area contributed by atoms with Crippen molar-refractivity contribution in [2.45, 2.75) is 32.1 Å². The molecular formula is C28H27N3O3. The molecule has 0 aliphatic carbocycles. The highest BCUT2D eigenvalue weighted by atomic mass is 16.5. The molecule has 1 atom stereocenters. The lowest BCUT2D eigenvalue weighted by Gasteiger charge is -2.44. The molecule has 2 amide bonds. The molecule has 1 aliphatic rings. The summed E-state index contributed by atoms with van der Waals surface area (Å²) < 4.78 is 7.34. The molecule has 2 heterocycles. The lowest BCUT2D eigenvalue weighted by atomic mass is 9.93. The van der Waals surface area contributed by atoms with E-state index < -0.39 is 5.54 Å². The number of aromatic nitrogens is 1. The Kier molecular flexibility index (Phi) is 5.57. The van der Waals surface area contributed by atoms with Crippen LogP contribution in [0.1, 0.15) is 28.5 Å². The highest BCUT2D eigenvalue weighted by molar-refractivity contribution is 6.03. The summed E-state index contributed by atoms with van der Waals surface area (Å²) in [5, 5.41) is 4.06. The van der Waals surface area contributed by atoms with Crippen molar-refractivity contribution in [1.82, 2.24) is 14.8 Å². The molecule has 4 aromatic rings. The van der Waals surface area contributed by atoms with Gasteiger partial charge in [-0.3, -0.25) is 9.59 Å². The predicted octanol–water partition coefficient (Wildman–Crippen LogP) is 4.38. The quantitative estimate of drug-likeness (QED) is 0.471. The number of hydrogen-bond acceptors (Lipinski definition) is 3. The number of carbonyl (C=O) groups excluding carboxylic acids is 2. The zero-order chi connectivity index (χ0) is 23.7. The fourth-order valence-electron chi connectivity index (χ4n) is 4.68. The zero-order valence-electron chi connectivity index (χ0n) is 19.3. The van der Waals surface area contributed by atoms with Crippen LogP contribution in [0.3, 0.4) is 0 Å². The van der Waals surface area contributed by atoms with Crippen molar-refractivity contribution >= 4 is 22.7 Å². The van der Waals surface area contributed by atoms with Crippen LogP contribution in [0.25, 0.3) is 10.9 Å². The van der Waals surface area contributed by atoms with Gasteiger partial charge in [0.25, 0.3) is 5.91 Å². The van der Waals surface area contributed by atoms with Crippen LogP contribution in [0.4, 0.5) is 0 Å². The maximum absolute atomic E-state index is 13.8. The van der Waals surface area contributed by atoms with E-state index in [1.165, 1.54) is 0 Å². The fraction of sp³-hybridized carbons (Fsp3) is 0.214. The van der Waals surface area contributed by atoms with Crippen molar-refractivity contribution < 1.29 is 14.3 Å². The minimum Gasteiger partial charge on any atom is -0.497 e. The number of para-hydroxylation sites is 1. The fourth-order valence-corrected chi connectivity index (χ4v) is 4.68. The van der Waals surface area contributed by atoms with Crippen molar-refractivity contribution in [3.05, 3.63) is 102 Å². The standard InChI is InChI=1S/C28H27N3O3/c1-28(27(33)29-17-20-9-4-3-5-10-20)19-30-24-14-7-6-12-22(24)16-25(30)26(32)31(28)18-21-11-8-13-23(15-21)34-2/h3-16H,17-19H2,1-2H3,(H,29,33)/t28-/m0/s1. The smallest absolute Gasteiger partial charge is 0.271 e. The first-order valence-electron chi connectivity index (χ1n) is 11.3. The lowest BCUT2D eigenvalue weighted by Crippen LogP contribution is -2.63. The summed E-state index contributed by atoms with van der Waals surface area (Å²) in [6.07, 6.45) is 0. The monoisotopic (exact) mass is 453 g/mol. The second-order valence-electron chi connectivity index (χ2n) is 8.86. The third-order valence-corrected chi connectivity index (χ3v) is 6.60. The Morgan fingerprint density at radius 2 is 1.71 bits per heavy atom. The third-order valence-electron chi connectivity index (χ3n) is 6.60. The molecule has 5 rings (SSSR count). The van der Waals surface area contributed by atoms with E-state index in [0.717, 1.165) is 22.0 Å². The molecule has 6 nitrogen and oxygen atoms in total. The largest absolute Gasteiger partial charge is 0.497 e. The van der Waals surface area contributed by atoms with Gasteiger partial charge in [-0.05, 0) is 42.3 Å². The van der Waals surface area contributed by atoms with Crippen molar-refractivity contribution in [3.63, 3.8) is 0 Å². The summed E-state index contributed by atoms with van der Waals surface area (Å²) >= 11 is 0. The number of amides is 2. The molecule has 1 aliphatic heterocycles. The Morgan fingerprint density at radius 1 is 0.971 bits per heavy atom. The minimum atomic E-state index is -1.08. The number of fused-ring (bicyclic) bond motifs is 3. The lowest BCUT2D eigenvalue weighted by molar-refractivity contribution is -0.133. The number of hydrogen-bond donors (Lipinski definition) is 1. The van der Waals surface area contributed by atoms with Gasteiger partial charge in [-0.2, -0.15) is 0 Å². The van der Waals surface area contributed by atoms with Gasteiger partial charge in [-0.25, -0.2) is 0 Å². The van der Waals surface area contributed by atoms with Gasteiger partial charge >= 0.3 is 0 Å². The number of nitrogens with zero attached hydrogens (tertiary/aromatic N) is 2. The molecule has 3 aromatic carbocycles. The molecule has 0 saturated heterocycles. The molecule has 1 aromatic heterocycles. The molecule has 0 fully saturated rings. The molecule has 0 saturated carbocycles. The molecule has 172 valence electrons. The molecule has 34 heavy (non-hydrogen) atoms. The summed E-state index contributed by atoms with van der Waals surface area (Å²) in [5.74, 6) is 0.366. The third kappa shape index (κ3) is 3.81. The van der Waals surface area contributed by atoms with Crippen LogP contribution in [0.5, 0.6) is 5.75 Å². The van der Waals surface area contributed by atoms with E-state index in [0.29, 0.717) is 31.1 Å². The average Bonchev–Trinajstić information content (AvgIpc) is 3.24. The first-order valence-corrected chi connectivity index (χ1v) is 11.3. The predicted molar refractivity (Wildman–Crippen MR) is 131 cm³/mol. The number of nitrogens with one attached hydrogen (secondary N) is 1. The molecule has 0 spiro atoms. The molecule has 0 bridgehead atoms. The Labute approximate surface area is 198 Å². The maximum Gasteiger partial charge on any atom is 0.271 e. The Morgan fingerprint density at radius 3 is 2.50 bits per heavy atom. The first kappa shape index (κ1) is 21.8. The van der Waals surface area contributed by atoms with Crippen LogP contribution in [-0.2, 0) is 24.4 Å². The minimum absolute atomic E-state index is 0.164. The number of methoxy groups -OCH3 is 1. The number of carbonyl (C=O) groups is 2. The van der Waals surface area contributed by atoms with E-state index in [2.05, 4.69) is 5.32 Å². The second-order valence-corrected chi connectivity index (χ2v) is 8.86. The van der Waals surface area contributed by atoms with Gasteiger partial charge < -0.3 is 19.5 Å². The van der Waals surface area contributed by atoms with Crippen molar-refractivity contribution in [3.8, 4) is 5.75 Å². The van der Waals surface area contributed by atoms with E-state index in [-0.39, 0.29) is 11.8 Å². The van der Waals surface area contributed by atoms with Gasteiger partial charge in [-0.1, -0.05) is 60.7 Å². The Balaban J connectivity index is 1.53. The Hall–Kier alpha value is -4.06. The maximum atomic E-state index is 13.8. The van der Waals surface area contributed by atoms with Gasteiger partial charge in [0.05, 0.1) is 13.7 Å². The topological polar surface area (TPSA) is 63.6 Å². The number of ether oxygens (including phenoxy) is 1. The van der Waals surface area contributed by atoms with E-state index in [1.807, 2.05) is 96.4 Å². The van der Waals surface area contributed by atoms with Crippen LogP contribution in [0.15, 0.2) is 84.9 Å². The first-order chi connectivity index (χ1) is 16.5.